The first kappa shape index (κ1) is 16.4. The monoisotopic (exact) mass is 328 g/mol. The molecule has 0 spiro atoms. The molecule has 0 radical (unpaired) electrons. The van der Waals surface area contributed by atoms with Gasteiger partial charge in [0, 0.05) is 31.4 Å². The van der Waals surface area contributed by atoms with E-state index in [1.165, 1.54) is 6.42 Å². The number of hydrogen-bond acceptors (Lipinski definition) is 3. The van der Waals surface area contributed by atoms with Crippen LogP contribution in [0.5, 0.6) is 5.75 Å². The van der Waals surface area contributed by atoms with Crippen molar-refractivity contribution in [2.24, 2.45) is 0 Å². The Morgan fingerprint density at radius 3 is 2.62 bits per heavy atom. The minimum atomic E-state index is 0.0391. The van der Waals surface area contributed by atoms with Crippen LogP contribution < -0.4 is 10.1 Å². The smallest absolute Gasteiger partial charge is 0.317 e. The van der Waals surface area contributed by atoms with Crippen molar-refractivity contribution < 1.29 is 9.53 Å². The number of carbonyl (C=O) groups excluding carboxylic acids is 1. The predicted molar refractivity (Wildman–Crippen MR) is 93.0 cm³/mol. The molecule has 2 aromatic rings. The van der Waals surface area contributed by atoms with E-state index in [9.17, 15) is 4.79 Å². The van der Waals surface area contributed by atoms with Crippen molar-refractivity contribution in [1.82, 2.24) is 20.0 Å². The Balaban J connectivity index is 1.49. The minimum Gasteiger partial charge on any atom is -0.497 e. The third kappa shape index (κ3) is 4.07. The molecule has 2 amide bonds. The maximum Gasteiger partial charge on any atom is 0.317 e. The number of hydrogen-bond donors (Lipinski definition) is 1. The minimum absolute atomic E-state index is 0.0391. The summed E-state index contributed by atoms with van der Waals surface area (Å²) < 4.78 is 7.02. The van der Waals surface area contributed by atoms with Gasteiger partial charge in [-0.2, -0.15) is 5.10 Å². The van der Waals surface area contributed by atoms with Gasteiger partial charge in [0.2, 0.25) is 0 Å². The molecule has 1 aliphatic rings. The van der Waals surface area contributed by atoms with Gasteiger partial charge in [0.05, 0.1) is 19.3 Å². The zero-order valence-corrected chi connectivity index (χ0v) is 14.1. The Labute approximate surface area is 142 Å². The zero-order valence-electron chi connectivity index (χ0n) is 14.1. The van der Waals surface area contributed by atoms with Gasteiger partial charge in [-0.05, 0) is 49.6 Å². The lowest BCUT2D eigenvalue weighted by Crippen LogP contribution is -2.43. The molecule has 0 aliphatic carbocycles. The van der Waals surface area contributed by atoms with Crippen molar-refractivity contribution in [3.63, 3.8) is 0 Å². The normalized spacial score (nSPS) is 14.5. The summed E-state index contributed by atoms with van der Waals surface area (Å²) in [6, 6.07) is 9.85. The highest BCUT2D eigenvalue weighted by Crippen LogP contribution is 2.20. The number of methoxy groups -OCH3 is 1. The summed E-state index contributed by atoms with van der Waals surface area (Å²) in [5, 5.41) is 7.53. The molecule has 2 heterocycles. The second-order valence-electron chi connectivity index (χ2n) is 5.97. The first-order valence-electron chi connectivity index (χ1n) is 8.47. The van der Waals surface area contributed by atoms with Crippen molar-refractivity contribution >= 4 is 6.03 Å². The van der Waals surface area contributed by atoms with Crippen LogP contribution >= 0.6 is 0 Å². The summed E-state index contributed by atoms with van der Waals surface area (Å²) in [4.78, 5) is 13.9. The maximum atomic E-state index is 12.0. The summed E-state index contributed by atoms with van der Waals surface area (Å²) in [5.41, 5.74) is 1.96. The van der Waals surface area contributed by atoms with E-state index < -0.39 is 0 Å². The molecule has 0 atom stereocenters. The third-order valence-electron chi connectivity index (χ3n) is 4.29. The van der Waals surface area contributed by atoms with E-state index in [4.69, 9.17) is 4.74 Å². The van der Waals surface area contributed by atoms with Crippen LogP contribution in [0.15, 0.2) is 36.5 Å². The van der Waals surface area contributed by atoms with Crippen LogP contribution in [-0.2, 0) is 6.54 Å². The average Bonchev–Trinajstić information content (AvgIpc) is 3.11. The van der Waals surface area contributed by atoms with Gasteiger partial charge in [0.25, 0.3) is 0 Å². The van der Waals surface area contributed by atoms with Gasteiger partial charge in [-0.1, -0.05) is 0 Å². The summed E-state index contributed by atoms with van der Waals surface area (Å²) in [7, 11) is 1.65. The number of rotatable bonds is 5. The second kappa shape index (κ2) is 7.86. The van der Waals surface area contributed by atoms with E-state index in [0.717, 1.165) is 42.9 Å². The SMILES string of the molecule is COc1ccc(-c2ccn(CCNC(=O)N3CCCCC3)n2)cc1. The van der Waals surface area contributed by atoms with E-state index in [1.807, 2.05) is 46.1 Å². The van der Waals surface area contributed by atoms with E-state index in [0.29, 0.717) is 13.1 Å². The molecule has 1 fully saturated rings. The highest BCUT2D eigenvalue weighted by molar-refractivity contribution is 5.74. The first-order chi connectivity index (χ1) is 11.8. The standard InChI is InChI=1S/C18H24N4O2/c1-24-16-7-5-15(6-8-16)17-9-13-22(20-17)14-10-19-18(23)21-11-3-2-4-12-21/h5-9,13H,2-4,10-12,14H2,1H3,(H,19,23). The number of ether oxygens (including phenoxy) is 1. The number of amides is 2. The van der Waals surface area contributed by atoms with Crippen LogP contribution in [0.1, 0.15) is 19.3 Å². The lowest BCUT2D eigenvalue weighted by atomic mass is 10.1. The fraction of sp³-hybridized carbons (Fsp3) is 0.444. The molecule has 3 rings (SSSR count). The molecule has 1 aliphatic heterocycles. The number of likely N-dealkylation sites (tertiary alicyclic amines) is 1. The number of nitrogens with zero attached hydrogens (tertiary/aromatic N) is 3. The van der Waals surface area contributed by atoms with Crippen LogP contribution in [0.4, 0.5) is 4.79 Å². The molecule has 1 aromatic heterocycles. The third-order valence-corrected chi connectivity index (χ3v) is 4.29. The number of carbonyl (C=O) groups is 1. The molecular weight excluding hydrogens is 304 g/mol. The van der Waals surface area contributed by atoms with Gasteiger partial charge in [0.15, 0.2) is 0 Å². The molecule has 0 bridgehead atoms. The van der Waals surface area contributed by atoms with Crippen molar-refractivity contribution in [3.05, 3.63) is 36.5 Å². The Morgan fingerprint density at radius 1 is 1.17 bits per heavy atom. The van der Waals surface area contributed by atoms with E-state index in [1.54, 1.807) is 7.11 Å². The molecule has 24 heavy (non-hydrogen) atoms. The second-order valence-corrected chi connectivity index (χ2v) is 5.97. The molecule has 128 valence electrons. The Hall–Kier alpha value is -2.50. The number of urea groups is 1. The van der Waals surface area contributed by atoms with Crippen LogP contribution in [0.2, 0.25) is 0 Å². The van der Waals surface area contributed by atoms with Gasteiger partial charge in [-0.15, -0.1) is 0 Å². The van der Waals surface area contributed by atoms with E-state index >= 15 is 0 Å². The Kier molecular flexibility index (Phi) is 5.36. The molecule has 1 saturated heterocycles. The summed E-state index contributed by atoms with van der Waals surface area (Å²) in [6.07, 6.45) is 5.38. The van der Waals surface area contributed by atoms with Crippen molar-refractivity contribution in [2.45, 2.75) is 25.8 Å². The van der Waals surface area contributed by atoms with Gasteiger partial charge in [0.1, 0.15) is 5.75 Å². The lowest BCUT2D eigenvalue weighted by Gasteiger charge is -2.26. The van der Waals surface area contributed by atoms with Crippen LogP contribution in [0.3, 0.4) is 0 Å². The van der Waals surface area contributed by atoms with Gasteiger partial charge in [-0.25, -0.2) is 4.79 Å². The number of nitrogens with one attached hydrogen (secondary N) is 1. The fourth-order valence-corrected chi connectivity index (χ4v) is 2.89. The maximum absolute atomic E-state index is 12.0. The highest BCUT2D eigenvalue weighted by Gasteiger charge is 2.15. The van der Waals surface area contributed by atoms with E-state index in [2.05, 4.69) is 10.4 Å². The molecule has 1 N–H and O–H groups in total. The quantitative estimate of drug-likeness (QED) is 0.918. The lowest BCUT2D eigenvalue weighted by molar-refractivity contribution is 0.186. The molecule has 6 nitrogen and oxygen atoms in total. The van der Waals surface area contributed by atoms with Crippen molar-refractivity contribution in [1.29, 1.82) is 0 Å². The topological polar surface area (TPSA) is 59.4 Å². The summed E-state index contributed by atoms with van der Waals surface area (Å²) in [6.45, 7) is 2.99. The van der Waals surface area contributed by atoms with Gasteiger partial charge < -0.3 is 15.0 Å². The molecule has 0 saturated carbocycles. The van der Waals surface area contributed by atoms with E-state index in [-0.39, 0.29) is 6.03 Å². The number of aromatic nitrogens is 2. The van der Waals surface area contributed by atoms with Gasteiger partial charge in [-0.3, -0.25) is 4.68 Å². The summed E-state index contributed by atoms with van der Waals surface area (Å²) >= 11 is 0. The molecule has 6 heteroatoms. The van der Waals surface area contributed by atoms with Crippen LogP contribution in [0, 0.1) is 0 Å². The molecule has 0 unspecified atom stereocenters. The van der Waals surface area contributed by atoms with Crippen LogP contribution in [0.25, 0.3) is 11.3 Å². The Bertz CT molecular complexity index is 660. The van der Waals surface area contributed by atoms with Crippen molar-refractivity contribution in [2.75, 3.05) is 26.7 Å². The number of piperidine rings is 1. The zero-order chi connectivity index (χ0) is 16.8. The van der Waals surface area contributed by atoms with Gasteiger partial charge >= 0.3 is 6.03 Å². The van der Waals surface area contributed by atoms with Crippen molar-refractivity contribution in [3.8, 4) is 17.0 Å². The number of benzene rings is 1. The average molecular weight is 328 g/mol. The highest BCUT2D eigenvalue weighted by atomic mass is 16.5. The largest absolute Gasteiger partial charge is 0.497 e. The predicted octanol–water partition coefficient (Wildman–Crippen LogP) is 2.75. The molecular formula is C18H24N4O2. The van der Waals surface area contributed by atoms with Crippen LogP contribution in [-0.4, -0.2) is 47.5 Å². The fourth-order valence-electron chi connectivity index (χ4n) is 2.89. The molecule has 1 aromatic carbocycles. The summed E-state index contributed by atoms with van der Waals surface area (Å²) in [5.74, 6) is 0.832. The first-order valence-corrected chi connectivity index (χ1v) is 8.47. The Morgan fingerprint density at radius 2 is 1.92 bits per heavy atom.